The average molecular weight is 591 g/mol. The predicted octanol–water partition coefficient (Wildman–Crippen LogP) is 5.32. The van der Waals surface area contributed by atoms with Gasteiger partial charge in [0, 0.05) is 32.5 Å². The molecule has 3 aromatic rings. The second-order valence-electron chi connectivity index (χ2n) is 9.14. The minimum absolute atomic E-state index is 0.0465. The maximum absolute atomic E-state index is 13.7. The highest BCUT2D eigenvalue weighted by Crippen LogP contribution is 2.25. The first-order valence-corrected chi connectivity index (χ1v) is 15.3. The standard InChI is InChI=1S/C29H33Cl2N3O4S/c1-3-32-29(36)27(20-22-11-6-4-7-12-22)33(21-23-16-17-25(30)26(31)19-23)28(35)15-10-18-34(39(2,37)38)24-13-8-5-9-14-24/h4-9,11-14,16-17,19,27H,3,10,15,18,20-21H2,1-2H3,(H,32,36)/t27-/m0/s1. The van der Waals surface area contributed by atoms with Crippen LogP contribution in [0.3, 0.4) is 0 Å². The van der Waals surface area contributed by atoms with E-state index in [1.807, 2.05) is 43.3 Å². The van der Waals surface area contributed by atoms with Crippen molar-refractivity contribution in [3.8, 4) is 0 Å². The Bertz CT molecular complexity index is 1360. The van der Waals surface area contributed by atoms with Crippen LogP contribution in [-0.4, -0.2) is 50.5 Å². The highest BCUT2D eigenvalue weighted by atomic mass is 35.5. The Morgan fingerprint density at radius 3 is 2.13 bits per heavy atom. The van der Waals surface area contributed by atoms with Crippen molar-refractivity contribution in [1.82, 2.24) is 10.2 Å². The van der Waals surface area contributed by atoms with Crippen LogP contribution in [0.1, 0.15) is 30.9 Å². The molecule has 0 aliphatic rings. The lowest BCUT2D eigenvalue weighted by molar-refractivity contribution is -0.141. The quantitative estimate of drug-likeness (QED) is 0.292. The zero-order chi connectivity index (χ0) is 28.4. The van der Waals surface area contributed by atoms with Crippen molar-refractivity contribution in [2.45, 2.75) is 38.8 Å². The summed E-state index contributed by atoms with van der Waals surface area (Å²) in [5.41, 5.74) is 2.17. The van der Waals surface area contributed by atoms with Crippen molar-refractivity contribution in [2.24, 2.45) is 0 Å². The molecule has 0 heterocycles. The van der Waals surface area contributed by atoms with Crippen molar-refractivity contribution in [2.75, 3.05) is 23.7 Å². The van der Waals surface area contributed by atoms with E-state index in [1.54, 1.807) is 47.4 Å². The summed E-state index contributed by atoms with van der Waals surface area (Å²) >= 11 is 12.3. The predicted molar refractivity (Wildman–Crippen MR) is 157 cm³/mol. The van der Waals surface area contributed by atoms with Crippen LogP contribution in [-0.2, 0) is 32.6 Å². The summed E-state index contributed by atoms with van der Waals surface area (Å²) < 4.78 is 26.2. The van der Waals surface area contributed by atoms with Gasteiger partial charge in [0.15, 0.2) is 0 Å². The molecule has 10 heteroatoms. The molecule has 0 radical (unpaired) electrons. The molecule has 39 heavy (non-hydrogen) atoms. The Morgan fingerprint density at radius 2 is 1.54 bits per heavy atom. The first kappa shape index (κ1) is 30.5. The van der Waals surface area contributed by atoms with E-state index in [9.17, 15) is 18.0 Å². The second kappa shape index (κ2) is 14.4. The largest absolute Gasteiger partial charge is 0.355 e. The van der Waals surface area contributed by atoms with E-state index in [0.717, 1.165) is 17.4 Å². The van der Waals surface area contributed by atoms with Crippen LogP contribution in [0.2, 0.25) is 10.0 Å². The number of nitrogens with zero attached hydrogens (tertiary/aromatic N) is 2. The molecule has 1 N–H and O–H groups in total. The Labute approximate surface area is 240 Å². The highest BCUT2D eigenvalue weighted by Gasteiger charge is 2.30. The Hall–Kier alpha value is -3.07. The normalized spacial score (nSPS) is 12.0. The van der Waals surface area contributed by atoms with Gasteiger partial charge in [-0.2, -0.15) is 0 Å². The van der Waals surface area contributed by atoms with Gasteiger partial charge in [-0.3, -0.25) is 13.9 Å². The third-order valence-electron chi connectivity index (χ3n) is 6.16. The zero-order valence-corrected chi connectivity index (χ0v) is 24.3. The van der Waals surface area contributed by atoms with Gasteiger partial charge in [0.05, 0.1) is 22.0 Å². The van der Waals surface area contributed by atoms with Crippen LogP contribution in [0.5, 0.6) is 0 Å². The third-order valence-corrected chi connectivity index (χ3v) is 8.09. The van der Waals surface area contributed by atoms with Crippen LogP contribution in [0.15, 0.2) is 78.9 Å². The zero-order valence-electron chi connectivity index (χ0n) is 22.0. The summed E-state index contributed by atoms with van der Waals surface area (Å²) in [6.45, 7) is 2.50. The molecular weight excluding hydrogens is 557 g/mol. The summed E-state index contributed by atoms with van der Waals surface area (Å²) in [4.78, 5) is 28.5. The molecule has 0 aromatic heterocycles. The molecule has 2 amide bonds. The van der Waals surface area contributed by atoms with E-state index < -0.39 is 16.1 Å². The topological polar surface area (TPSA) is 86.8 Å². The first-order chi connectivity index (χ1) is 18.6. The van der Waals surface area contributed by atoms with Gasteiger partial charge in [0.1, 0.15) is 6.04 Å². The maximum atomic E-state index is 13.7. The fourth-order valence-electron chi connectivity index (χ4n) is 4.28. The lowest BCUT2D eigenvalue weighted by Gasteiger charge is -2.32. The van der Waals surface area contributed by atoms with Gasteiger partial charge in [0.2, 0.25) is 21.8 Å². The van der Waals surface area contributed by atoms with Crippen LogP contribution in [0, 0.1) is 0 Å². The van der Waals surface area contributed by atoms with Crippen molar-refractivity contribution >= 4 is 50.7 Å². The fraction of sp³-hybridized carbons (Fsp3) is 0.310. The maximum Gasteiger partial charge on any atom is 0.243 e. The van der Waals surface area contributed by atoms with Gasteiger partial charge >= 0.3 is 0 Å². The molecule has 0 saturated heterocycles. The van der Waals surface area contributed by atoms with Crippen LogP contribution in [0.25, 0.3) is 0 Å². The lowest BCUT2D eigenvalue weighted by Crippen LogP contribution is -2.50. The molecule has 0 spiro atoms. The van der Waals surface area contributed by atoms with Gasteiger partial charge in [0.25, 0.3) is 0 Å². The molecule has 3 aromatic carbocycles. The third kappa shape index (κ3) is 8.98. The SMILES string of the molecule is CCNC(=O)[C@H](Cc1ccccc1)N(Cc1ccc(Cl)c(Cl)c1)C(=O)CCCN(c1ccccc1)S(C)(=O)=O. The molecule has 0 fully saturated rings. The molecule has 7 nitrogen and oxygen atoms in total. The van der Waals surface area contributed by atoms with E-state index in [2.05, 4.69) is 5.32 Å². The molecule has 1 atom stereocenters. The molecule has 208 valence electrons. The number of carbonyl (C=O) groups excluding carboxylic acids is 2. The number of benzene rings is 3. The van der Waals surface area contributed by atoms with Crippen molar-refractivity contribution < 1.29 is 18.0 Å². The molecule has 0 bridgehead atoms. The van der Waals surface area contributed by atoms with Gasteiger partial charge in [-0.25, -0.2) is 8.42 Å². The van der Waals surface area contributed by atoms with Gasteiger partial charge < -0.3 is 10.2 Å². The molecule has 0 aliphatic heterocycles. The van der Waals surface area contributed by atoms with Crippen LogP contribution >= 0.6 is 23.2 Å². The number of sulfonamides is 1. The van der Waals surface area contributed by atoms with E-state index in [0.29, 0.717) is 28.7 Å². The fourth-order valence-corrected chi connectivity index (χ4v) is 5.56. The molecule has 0 unspecified atom stereocenters. The molecular formula is C29H33Cl2N3O4S. The number of hydrogen-bond acceptors (Lipinski definition) is 4. The van der Waals surface area contributed by atoms with Crippen molar-refractivity contribution in [1.29, 1.82) is 0 Å². The number of para-hydroxylation sites is 1. The summed E-state index contributed by atoms with van der Waals surface area (Å²) in [5.74, 6) is -0.536. The van der Waals surface area contributed by atoms with Crippen LogP contribution < -0.4 is 9.62 Å². The van der Waals surface area contributed by atoms with E-state index >= 15 is 0 Å². The smallest absolute Gasteiger partial charge is 0.243 e. The van der Waals surface area contributed by atoms with Crippen molar-refractivity contribution in [3.63, 3.8) is 0 Å². The van der Waals surface area contributed by atoms with Crippen molar-refractivity contribution in [3.05, 3.63) is 100 Å². The van der Waals surface area contributed by atoms with Gasteiger partial charge in [-0.05, 0) is 48.7 Å². The number of anilines is 1. The Morgan fingerprint density at radius 1 is 0.897 bits per heavy atom. The van der Waals surface area contributed by atoms with Crippen LogP contribution in [0.4, 0.5) is 5.69 Å². The average Bonchev–Trinajstić information content (AvgIpc) is 2.91. The number of rotatable bonds is 13. The number of likely N-dealkylation sites (N-methyl/N-ethyl adjacent to an activating group) is 1. The minimum Gasteiger partial charge on any atom is -0.355 e. The van der Waals surface area contributed by atoms with Gasteiger partial charge in [-0.15, -0.1) is 0 Å². The Kier molecular flexibility index (Phi) is 11.2. The number of hydrogen-bond donors (Lipinski definition) is 1. The Balaban J connectivity index is 1.87. The second-order valence-corrected chi connectivity index (χ2v) is 11.9. The summed E-state index contributed by atoms with van der Waals surface area (Å²) in [6, 6.07) is 22.6. The monoisotopic (exact) mass is 589 g/mol. The van der Waals surface area contributed by atoms with E-state index in [4.69, 9.17) is 23.2 Å². The summed E-state index contributed by atoms with van der Waals surface area (Å²) in [5, 5.41) is 3.60. The molecule has 3 rings (SSSR count). The highest BCUT2D eigenvalue weighted by molar-refractivity contribution is 7.92. The molecule has 0 saturated carbocycles. The summed E-state index contributed by atoms with van der Waals surface area (Å²) in [6.07, 6.45) is 1.78. The number of carbonyl (C=O) groups is 2. The summed E-state index contributed by atoms with van der Waals surface area (Å²) in [7, 11) is -3.55. The first-order valence-electron chi connectivity index (χ1n) is 12.7. The molecule has 0 aliphatic carbocycles. The minimum atomic E-state index is -3.55. The number of nitrogens with one attached hydrogen (secondary N) is 1. The number of halogens is 2. The number of amides is 2. The van der Waals surface area contributed by atoms with E-state index in [-0.39, 0.29) is 37.7 Å². The van der Waals surface area contributed by atoms with E-state index in [1.165, 1.54) is 4.31 Å². The van der Waals surface area contributed by atoms with Gasteiger partial charge in [-0.1, -0.05) is 77.8 Å². The lowest BCUT2D eigenvalue weighted by atomic mass is 10.0.